The summed E-state index contributed by atoms with van der Waals surface area (Å²) >= 11 is 1.66. The fourth-order valence-electron chi connectivity index (χ4n) is 5.41. The molecular weight excluding hydrogens is 668 g/mol. The molecule has 2 aromatic rings. The van der Waals surface area contributed by atoms with Gasteiger partial charge in [0, 0.05) is 31.2 Å². The first-order valence-electron chi connectivity index (χ1n) is 16.5. The number of amides is 3. The van der Waals surface area contributed by atoms with E-state index in [9.17, 15) is 29.4 Å². The number of benzene rings is 2. The smallest absolute Gasteiger partial charge is 0.407 e. The predicted molar refractivity (Wildman–Crippen MR) is 187 cm³/mol. The van der Waals surface area contributed by atoms with Gasteiger partial charge in [-0.05, 0) is 56.2 Å². The number of nitrogens with one attached hydrogen (secondary N) is 3. The number of hydrogen-bond acceptors (Lipinski definition) is 11. The Bertz CT molecular complexity index is 1410. The van der Waals surface area contributed by atoms with Gasteiger partial charge in [0.15, 0.2) is 0 Å². The highest BCUT2D eigenvalue weighted by Crippen LogP contribution is 2.35. The number of carbonyl (C=O) groups excluding carboxylic acids is 4. The van der Waals surface area contributed by atoms with Crippen LogP contribution in [-0.4, -0.2) is 114 Å². The molecule has 1 saturated heterocycles. The van der Waals surface area contributed by atoms with Gasteiger partial charge in [0.1, 0.15) is 17.8 Å². The zero-order valence-electron chi connectivity index (χ0n) is 29.3. The first kappa shape index (κ1) is 40.7. The van der Waals surface area contributed by atoms with Crippen LogP contribution in [0.5, 0.6) is 0 Å². The molecule has 3 rings (SSSR count). The Kier molecular flexibility index (Phi) is 15.5. The zero-order valence-corrected chi connectivity index (χ0v) is 30.1. The number of aliphatic hydroxyl groups is 2. The average molecular weight is 720 g/mol. The van der Waals surface area contributed by atoms with E-state index < -0.39 is 72.2 Å². The lowest BCUT2D eigenvalue weighted by atomic mass is 9.86. The number of quaternary nitrogens is 1. The van der Waals surface area contributed by atoms with Crippen LogP contribution in [0.3, 0.4) is 0 Å². The lowest BCUT2D eigenvalue weighted by Crippen LogP contribution is -2.71. The molecule has 0 radical (unpaired) electrons. The second kappa shape index (κ2) is 19.0. The number of carbonyl (C=O) groups is 4. The van der Waals surface area contributed by atoms with E-state index in [0.29, 0.717) is 17.7 Å². The number of thioether (sulfide) groups is 1. The fourth-order valence-corrected chi connectivity index (χ4v) is 6.14. The van der Waals surface area contributed by atoms with Gasteiger partial charge in [0.2, 0.25) is 5.91 Å². The van der Waals surface area contributed by atoms with Gasteiger partial charge in [-0.3, -0.25) is 9.59 Å². The second-order valence-electron chi connectivity index (χ2n) is 12.9. The number of hydrogen-bond donors (Lipinski definition) is 6. The third-order valence-corrected chi connectivity index (χ3v) is 8.84. The highest BCUT2D eigenvalue weighted by Gasteiger charge is 2.57. The van der Waals surface area contributed by atoms with Crippen LogP contribution < -0.4 is 21.7 Å². The fraction of sp³-hybridized carbons (Fsp3) is 0.543. The molecule has 1 aliphatic heterocycles. The van der Waals surface area contributed by atoms with Crippen LogP contribution in [0, 0.1) is 0 Å². The topological polar surface area (TPSA) is 209 Å². The molecule has 6 atom stereocenters. The van der Waals surface area contributed by atoms with Crippen molar-refractivity contribution in [1.82, 2.24) is 16.0 Å². The second-order valence-corrected chi connectivity index (χ2v) is 14.1. The zero-order chi connectivity index (χ0) is 36.9. The molecule has 0 unspecified atom stereocenters. The van der Waals surface area contributed by atoms with Crippen molar-refractivity contribution in [2.75, 3.05) is 38.3 Å². The number of ether oxygens (including phenoxy) is 4. The number of esters is 1. The van der Waals surface area contributed by atoms with E-state index in [1.54, 1.807) is 56.8 Å². The van der Waals surface area contributed by atoms with Crippen molar-refractivity contribution in [2.45, 2.75) is 82.3 Å². The van der Waals surface area contributed by atoms with Crippen LogP contribution in [0.2, 0.25) is 0 Å². The van der Waals surface area contributed by atoms with E-state index >= 15 is 0 Å². The Morgan fingerprint density at radius 1 is 1.02 bits per heavy atom. The van der Waals surface area contributed by atoms with Crippen molar-refractivity contribution in [1.29, 1.82) is 0 Å². The summed E-state index contributed by atoms with van der Waals surface area (Å²) in [6.45, 7) is 6.63. The molecule has 276 valence electrons. The third-order valence-electron chi connectivity index (χ3n) is 7.68. The molecule has 8 N–H and O–H groups in total. The first-order valence-corrected chi connectivity index (χ1v) is 17.7. The standard InChI is InChI=1S/C35H50N4O10S/c1-22(40)38-28-26(39-33(45)49-34(2,3)4)20-35(32(44)46-5,47-17-9-18-50-19-16-36)48-30(28)29(42)27(41)21-37-31(43)25-14-12-24(13-15-25)23-10-7-6-8-11-23/h6-8,10-15,26-30,41-42H,9,16-21,36H2,1-5H3,(H,37,43)(H,38,40)(H,39,45)/p+1/t26-,27+,28+,29+,30+,35+/m0/s1. The van der Waals surface area contributed by atoms with Crippen molar-refractivity contribution in [3.05, 3.63) is 60.2 Å². The molecule has 0 aliphatic carbocycles. The van der Waals surface area contributed by atoms with Crippen LogP contribution in [0.1, 0.15) is 50.9 Å². The van der Waals surface area contributed by atoms with Crippen molar-refractivity contribution in [3.8, 4) is 11.1 Å². The average Bonchev–Trinajstić information content (AvgIpc) is 3.08. The van der Waals surface area contributed by atoms with Gasteiger partial charge < -0.3 is 50.8 Å². The molecule has 0 spiro atoms. The summed E-state index contributed by atoms with van der Waals surface area (Å²) in [6, 6.07) is 14.2. The minimum Gasteiger partial charge on any atom is -0.465 e. The lowest BCUT2D eigenvalue weighted by Gasteiger charge is -2.48. The van der Waals surface area contributed by atoms with E-state index in [-0.39, 0.29) is 13.0 Å². The van der Waals surface area contributed by atoms with E-state index in [1.165, 1.54) is 6.92 Å². The van der Waals surface area contributed by atoms with Gasteiger partial charge in [-0.1, -0.05) is 42.5 Å². The predicted octanol–water partition coefficient (Wildman–Crippen LogP) is 1.24. The number of aliphatic hydroxyl groups excluding tert-OH is 2. The maximum absolute atomic E-state index is 13.4. The Morgan fingerprint density at radius 2 is 1.68 bits per heavy atom. The summed E-state index contributed by atoms with van der Waals surface area (Å²) in [6.07, 6.45) is -5.66. The molecule has 15 heteroatoms. The van der Waals surface area contributed by atoms with Gasteiger partial charge in [-0.2, -0.15) is 11.8 Å². The van der Waals surface area contributed by atoms with E-state index in [2.05, 4.69) is 21.7 Å². The summed E-state index contributed by atoms with van der Waals surface area (Å²) in [5, 5.41) is 30.6. The Balaban J connectivity index is 1.85. The Morgan fingerprint density at radius 3 is 2.28 bits per heavy atom. The molecule has 0 saturated carbocycles. The number of alkyl carbamates (subject to hydrolysis) is 1. The number of methoxy groups -OCH3 is 1. The van der Waals surface area contributed by atoms with Crippen molar-refractivity contribution in [3.63, 3.8) is 0 Å². The highest BCUT2D eigenvalue weighted by atomic mass is 32.2. The lowest BCUT2D eigenvalue weighted by molar-refractivity contribution is -0.360. The minimum atomic E-state index is -2.14. The summed E-state index contributed by atoms with van der Waals surface area (Å²) in [5.74, 6) is -2.58. The van der Waals surface area contributed by atoms with Gasteiger partial charge in [0.25, 0.3) is 11.7 Å². The molecule has 1 heterocycles. The Labute approximate surface area is 297 Å². The Hall–Kier alpha value is -3.73. The molecular formula is C35H51N4O10S+. The van der Waals surface area contributed by atoms with Gasteiger partial charge in [0.05, 0.1) is 38.4 Å². The van der Waals surface area contributed by atoms with Crippen molar-refractivity contribution < 1.29 is 54.1 Å². The summed E-state index contributed by atoms with van der Waals surface area (Å²) < 4.78 is 22.7. The maximum atomic E-state index is 13.4. The van der Waals surface area contributed by atoms with Crippen LogP contribution in [-0.2, 0) is 28.5 Å². The first-order chi connectivity index (χ1) is 23.7. The largest absolute Gasteiger partial charge is 0.465 e. The summed E-state index contributed by atoms with van der Waals surface area (Å²) in [7, 11) is 1.14. The van der Waals surface area contributed by atoms with Crippen molar-refractivity contribution >= 4 is 35.6 Å². The minimum absolute atomic E-state index is 0.0493. The quantitative estimate of drug-likeness (QED) is 0.107. The van der Waals surface area contributed by atoms with Crippen molar-refractivity contribution in [2.24, 2.45) is 0 Å². The monoisotopic (exact) mass is 719 g/mol. The van der Waals surface area contributed by atoms with Gasteiger partial charge >= 0.3 is 12.1 Å². The van der Waals surface area contributed by atoms with Gasteiger partial charge in [-0.15, -0.1) is 0 Å². The van der Waals surface area contributed by atoms with Gasteiger partial charge in [-0.25, -0.2) is 9.59 Å². The molecule has 3 amide bonds. The summed E-state index contributed by atoms with van der Waals surface area (Å²) in [5.41, 5.74) is 5.16. The molecule has 0 bridgehead atoms. The molecule has 50 heavy (non-hydrogen) atoms. The van der Waals surface area contributed by atoms with Crippen LogP contribution >= 0.6 is 11.8 Å². The molecule has 2 aromatic carbocycles. The highest BCUT2D eigenvalue weighted by molar-refractivity contribution is 7.99. The van der Waals surface area contributed by atoms with E-state index in [0.717, 1.165) is 30.5 Å². The SMILES string of the molecule is COC(=O)[C@@]1(OCCCSCC[NH3+])C[C@H](NC(=O)OC(C)(C)C)[C@@H](NC(C)=O)[C@H]([C@H](O)[C@H](O)CNC(=O)c2ccc(-c3ccccc3)cc2)O1. The molecule has 1 fully saturated rings. The molecule has 0 aromatic heterocycles. The molecule has 14 nitrogen and oxygen atoms in total. The van der Waals surface area contributed by atoms with E-state index in [1.807, 2.05) is 30.3 Å². The maximum Gasteiger partial charge on any atom is 0.407 e. The van der Waals surface area contributed by atoms with Crippen LogP contribution in [0.15, 0.2) is 54.6 Å². The normalized spacial score (nSPS) is 21.7. The van der Waals surface area contributed by atoms with Crippen LogP contribution in [0.25, 0.3) is 11.1 Å². The number of rotatable bonds is 16. The van der Waals surface area contributed by atoms with E-state index in [4.69, 9.17) is 18.9 Å². The van der Waals surface area contributed by atoms with Crippen LogP contribution in [0.4, 0.5) is 4.79 Å². The third kappa shape index (κ3) is 12.0. The molecule has 1 aliphatic rings. The summed E-state index contributed by atoms with van der Waals surface area (Å²) in [4.78, 5) is 51.7.